The highest BCUT2D eigenvalue weighted by Gasteiger charge is 2.23. The molecule has 0 bridgehead atoms. The minimum absolute atomic E-state index is 0.354. The van der Waals surface area contributed by atoms with E-state index >= 15 is 0 Å². The predicted molar refractivity (Wildman–Crippen MR) is 72.6 cm³/mol. The molecule has 1 aromatic heterocycles. The van der Waals surface area contributed by atoms with Gasteiger partial charge in [-0.1, -0.05) is 22.0 Å². The van der Waals surface area contributed by atoms with Gasteiger partial charge in [0.25, 0.3) is 0 Å². The van der Waals surface area contributed by atoms with Crippen molar-refractivity contribution in [2.45, 2.75) is 25.6 Å². The minimum atomic E-state index is 0.354. The largest absolute Gasteiger partial charge is 0.372 e. The first-order chi connectivity index (χ1) is 7.78. The first kappa shape index (κ1) is 12.6. The van der Waals surface area contributed by atoms with Crippen LogP contribution in [0.3, 0.4) is 0 Å². The van der Waals surface area contributed by atoms with Gasteiger partial charge < -0.3 is 4.74 Å². The lowest BCUT2D eigenvalue weighted by Crippen LogP contribution is -2.47. The Morgan fingerprint density at radius 1 is 1.56 bits per heavy atom. The molecule has 1 aliphatic rings. The van der Waals surface area contributed by atoms with Gasteiger partial charge in [-0.2, -0.15) is 0 Å². The molecule has 2 nitrogen and oxygen atoms in total. The Morgan fingerprint density at radius 2 is 2.44 bits per heavy atom. The van der Waals surface area contributed by atoms with Gasteiger partial charge in [0.15, 0.2) is 0 Å². The Kier molecular flexibility index (Phi) is 4.82. The van der Waals surface area contributed by atoms with E-state index in [0.717, 1.165) is 25.0 Å². The van der Waals surface area contributed by atoms with Crippen LogP contribution in [-0.2, 0) is 11.2 Å². The Morgan fingerprint density at radius 3 is 3.12 bits per heavy atom. The summed E-state index contributed by atoms with van der Waals surface area (Å²) in [7, 11) is 0. The fraction of sp³-hybridized carbons (Fsp3) is 0.667. The van der Waals surface area contributed by atoms with E-state index < -0.39 is 0 Å². The van der Waals surface area contributed by atoms with Crippen molar-refractivity contribution in [1.82, 2.24) is 4.90 Å². The summed E-state index contributed by atoms with van der Waals surface area (Å²) in [5, 5.41) is 3.09. The van der Waals surface area contributed by atoms with Gasteiger partial charge in [0.2, 0.25) is 0 Å². The van der Waals surface area contributed by atoms with Crippen LogP contribution in [0.4, 0.5) is 0 Å². The van der Waals surface area contributed by atoms with E-state index in [1.54, 1.807) is 0 Å². The molecule has 0 radical (unpaired) electrons. The maximum Gasteiger partial charge on any atom is 0.0802 e. The lowest BCUT2D eigenvalue weighted by Gasteiger charge is -2.36. The minimum Gasteiger partial charge on any atom is -0.372 e. The second-order valence-electron chi connectivity index (χ2n) is 4.31. The molecule has 0 amide bonds. The third-order valence-corrected chi connectivity index (χ3v) is 4.49. The van der Waals surface area contributed by atoms with E-state index in [1.807, 2.05) is 11.3 Å². The number of halogens is 1. The van der Waals surface area contributed by atoms with Crippen LogP contribution >= 0.6 is 27.3 Å². The van der Waals surface area contributed by atoms with Gasteiger partial charge in [-0.15, -0.1) is 11.3 Å². The van der Waals surface area contributed by atoms with Crippen LogP contribution in [0.5, 0.6) is 0 Å². The van der Waals surface area contributed by atoms with E-state index in [-0.39, 0.29) is 0 Å². The van der Waals surface area contributed by atoms with Crippen molar-refractivity contribution < 1.29 is 4.74 Å². The third kappa shape index (κ3) is 3.55. The molecule has 16 heavy (non-hydrogen) atoms. The molecular formula is C12H18BrNOS. The molecule has 1 aliphatic heterocycles. The van der Waals surface area contributed by atoms with Crippen molar-refractivity contribution >= 4 is 27.3 Å². The fourth-order valence-electron chi connectivity index (χ4n) is 2.13. The lowest BCUT2D eigenvalue weighted by atomic mass is 10.2. The van der Waals surface area contributed by atoms with Gasteiger partial charge in [-0.3, -0.25) is 4.90 Å². The Bertz CT molecular complexity index is 304. The molecule has 2 rings (SSSR count). The summed E-state index contributed by atoms with van der Waals surface area (Å²) in [5.74, 6) is 0. The van der Waals surface area contributed by atoms with Crippen LogP contribution < -0.4 is 0 Å². The maximum atomic E-state index is 5.82. The molecular weight excluding hydrogens is 286 g/mol. The number of rotatable bonds is 4. The zero-order valence-corrected chi connectivity index (χ0v) is 12.0. The average Bonchev–Trinajstić information content (AvgIpc) is 2.78. The van der Waals surface area contributed by atoms with E-state index in [2.05, 4.69) is 45.3 Å². The maximum absolute atomic E-state index is 5.82. The number of thiophene rings is 1. The highest BCUT2D eigenvalue weighted by molar-refractivity contribution is 9.09. The standard InChI is InChI=1S/C12H18BrNOS/c1-10-8-14(9-11(7-13)15-10)5-4-12-3-2-6-16-12/h2-3,6,10-11H,4-5,7-9H2,1H3. The second-order valence-corrected chi connectivity index (χ2v) is 5.99. The molecule has 1 saturated heterocycles. The first-order valence-electron chi connectivity index (χ1n) is 5.74. The second kappa shape index (κ2) is 6.15. The molecule has 2 heterocycles. The number of ether oxygens (including phenoxy) is 1. The van der Waals surface area contributed by atoms with Gasteiger partial charge in [0, 0.05) is 29.8 Å². The summed E-state index contributed by atoms with van der Waals surface area (Å²) in [4.78, 5) is 3.99. The highest BCUT2D eigenvalue weighted by atomic mass is 79.9. The molecule has 0 spiro atoms. The van der Waals surface area contributed by atoms with Crippen molar-refractivity contribution in [3.8, 4) is 0 Å². The fourth-order valence-corrected chi connectivity index (χ4v) is 3.19. The molecule has 90 valence electrons. The Hall–Kier alpha value is 0.1000. The van der Waals surface area contributed by atoms with Crippen LogP contribution in [-0.4, -0.2) is 42.1 Å². The molecule has 2 atom stereocenters. The van der Waals surface area contributed by atoms with E-state index in [9.17, 15) is 0 Å². The van der Waals surface area contributed by atoms with Crippen molar-refractivity contribution in [1.29, 1.82) is 0 Å². The SMILES string of the molecule is CC1CN(CCc2cccs2)CC(CBr)O1. The number of alkyl halides is 1. The Balaban J connectivity index is 1.80. The van der Waals surface area contributed by atoms with E-state index in [4.69, 9.17) is 4.74 Å². The summed E-state index contributed by atoms with van der Waals surface area (Å²) >= 11 is 5.36. The summed E-state index contributed by atoms with van der Waals surface area (Å²) in [6.45, 7) is 5.43. The zero-order valence-electron chi connectivity index (χ0n) is 9.56. The van der Waals surface area contributed by atoms with E-state index in [0.29, 0.717) is 12.2 Å². The topological polar surface area (TPSA) is 12.5 Å². The molecule has 0 aromatic carbocycles. The van der Waals surface area contributed by atoms with Gasteiger partial charge in [-0.25, -0.2) is 0 Å². The van der Waals surface area contributed by atoms with Crippen LogP contribution in [0.2, 0.25) is 0 Å². The molecule has 4 heteroatoms. The summed E-state index contributed by atoms with van der Waals surface area (Å²) < 4.78 is 5.82. The van der Waals surface area contributed by atoms with Crippen LogP contribution in [0.15, 0.2) is 17.5 Å². The highest BCUT2D eigenvalue weighted by Crippen LogP contribution is 2.15. The predicted octanol–water partition coefficient (Wildman–Crippen LogP) is 2.77. The van der Waals surface area contributed by atoms with Crippen molar-refractivity contribution in [2.24, 2.45) is 0 Å². The molecule has 2 unspecified atom stereocenters. The number of morpholine rings is 1. The Labute approximate surface area is 110 Å². The quantitative estimate of drug-likeness (QED) is 0.793. The van der Waals surface area contributed by atoms with E-state index in [1.165, 1.54) is 11.3 Å². The molecule has 1 aromatic rings. The van der Waals surface area contributed by atoms with Gasteiger partial charge in [0.05, 0.1) is 12.2 Å². The lowest BCUT2D eigenvalue weighted by molar-refractivity contribution is -0.0647. The number of hydrogen-bond donors (Lipinski definition) is 0. The van der Waals surface area contributed by atoms with Crippen molar-refractivity contribution in [3.05, 3.63) is 22.4 Å². The third-order valence-electron chi connectivity index (χ3n) is 2.83. The monoisotopic (exact) mass is 303 g/mol. The number of nitrogens with zero attached hydrogens (tertiary/aromatic N) is 1. The molecule has 0 aliphatic carbocycles. The van der Waals surface area contributed by atoms with Crippen molar-refractivity contribution in [2.75, 3.05) is 25.0 Å². The van der Waals surface area contributed by atoms with Gasteiger partial charge in [0.1, 0.15) is 0 Å². The first-order valence-corrected chi connectivity index (χ1v) is 7.74. The van der Waals surface area contributed by atoms with Gasteiger partial charge >= 0.3 is 0 Å². The van der Waals surface area contributed by atoms with Crippen LogP contribution in [0.1, 0.15) is 11.8 Å². The summed E-state index contributed by atoms with van der Waals surface area (Å²) in [6.07, 6.45) is 1.88. The molecule has 0 N–H and O–H groups in total. The number of hydrogen-bond acceptors (Lipinski definition) is 3. The van der Waals surface area contributed by atoms with Crippen molar-refractivity contribution in [3.63, 3.8) is 0 Å². The smallest absolute Gasteiger partial charge is 0.0802 e. The van der Waals surface area contributed by atoms with Gasteiger partial charge in [-0.05, 0) is 24.8 Å². The molecule has 0 saturated carbocycles. The molecule has 1 fully saturated rings. The average molecular weight is 304 g/mol. The van der Waals surface area contributed by atoms with Crippen LogP contribution in [0.25, 0.3) is 0 Å². The summed E-state index contributed by atoms with van der Waals surface area (Å²) in [5.41, 5.74) is 0. The normalized spacial score (nSPS) is 27.1. The zero-order chi connectivity index (χ0) is 11.4. The van der Waals surface area contributed by atoms with Crippen LogP contribution in [0, 0.1) is 0 Å². The summed E-state index contributed by atoms with van der Waals surface area (Å²) in [6, 6.07) is 4.35.